The normalized spacial score (nSPS) is 11.4. The Hall–Kier alpha value is -5.15. The van der Waals surface area contributed by atoms with E-state index in [9.17, 15) is 24.6 Å². The lowest BCUT2D eigenvalue weighted by molar-refractivity contribution is -0.137. The Morgan fingerprint density at radius 2 is 1.44 bits per heavy atom. The highest BCUT2D eigenvalue weighted by molar-refractivity contribution is 6.06. The average molecular weight is 611 g/mol. The molecule has 0 aliphatic rings. The number of aliphatic hydroxyl groups excluding tert-OH is 1. The van der Waals surface area contributed by atoms with Crippen molar-refractivity contribution in [1.82, 2.24) is 10.2 Å². The van der Waals surface area contributed by atoms with E-state index < -0.39 is 12.0 Å². The van der Waals surface area contributed by atoms with E-state index in [1.165, 1.54) is 4.90 Å². The quantitative estimate of drug-likeness (QED) is 0.165. The number of aliphatic hydroxyl groups is 1. The number of amides is 2. The summed E-state index contributed by atoms with van der Waals surface area (Å²) in [6.07, 6.45) is 0.510. The minimum atomic E-state index is -1.02. The number of carbonyl (C=O) groups excluding carboxylic acids is 2. The van der Waals surface area contributed by atoms with Crippen molar-refractivity contribution in [2.45, 2.75) is 25.3 Å². The number of carboxylic acid groups (broad SMARTS) is 1. The lowest BCUT2D eigenvalue weighted by Crippen LogP contribution is -2.35. The molecule has 0 radical (unpaired) electrons. The Bertz CT molecular complexity index is 1610. The van der Waals surface area contributed by atoms with Crippen LogP contribution in [0.2, 0.25) is 0 Å². The summed E-state index contributed by atoms with van der Waals surface area (Å²) in [5.74, 6) is -0.438. The van der Waals surface area contributed by atoms with Crippen molar-refractivity contribution in [2.75, 3.05) is 33.9 Å². The Kier molecular flexibility index (Phi) is 11.7. The third-order valence-electron chi connectivity index (χ3n) is 7.57. The van der Waals surface area contributed by atoms with E-state index >= 15 is 0 Å². The molecule has 0 fully saturated rings. The number of nitrogens with one attached hydrogen (secondary N) is 1. The molecule has 9 heteroatoms. The second-order valence-corrected chi connectivity index (χ2v) is 10.4. The van der Waals surface area contributed by atoms with Crippen LogP contribution in [0.5, 0.6) is 11.5 Å². The Morgan fingerprint density at radius 1 is 0.800 bits per heavy atom. The molecule has 0 bridgehead atoms. The van der Waals surface area contributed by atoms with Gasteiger partial charge in [-0.05, 0) is 65.4 Å². The third kappa shape index (κ3) is 8.49. The van der Waals surface area contributed by atoms with Crippen molar-refractivity contribution >= 4 is 17.8 Å². The van der Waals surface area contributed by atoms with Gasteiger partial charge in [0.25, 0.3) is 11.8 Å². The standard InChI is InChI=1S/C36H38N2O7/c1-44-27-16-17-33(45-2)26(24-27)18-21-38(22-19-34(40)41)36(43)31-15-9-7-13-29(31)28-12-6-8-14-30(28)35(42)37-32(20-23-39)25-10-4-3-5-11-25/h3-17,24,32,39H,18-23H2,1-2H3,(H,37,42)(H,40,41). The van der Waals surface area contributed by atoms with Gasteiger partial charge in [0.2, 0.25) is 0 Å². The van der Waals surface area contributed by atoms with E-state index in [0.717, 1.165) is 11.1 Å². The van der Waals surface area contributed by atoms with Gasteiger partial charge in [-0.15, -0.1) is 0 Å². The van der Waals surface area contributed by atoms with E-state index in [-0.39, 0.29) is 37.9 Å². The van der Waals surface area contributed by atoms with Crippen molar-refractivity contribution in [3.05, 3.63) is 119 Å². The van der Waals surface area contributed by atoms with Crippen LogP contribution in [0.3, 0.4) is 0 Å². The highest BCUT2D eigenvalue weighted by Crippen LogP contribution is 2.30. The molecule has 0 saturated heterocycles. The first-order valence-electron chi connectivity index (χ1n) is 14.7. The van der Waals surface area contributed by atoms with Gasteiger partial charge < -0.3 is 29.9 Å². The fraction of sp³-hybridized carbons (Fsp3) is 0.250. The predicted octanol–water partition coefficient (Wildman–Crippen LogP) is 5.38. The molecule has 234 valence electrons. The van der Waals surface area contributed by atoms with E-state index in [2.05, 4.69) is 5.32 Å². The van der Waals surface area contributed by atoms with Crippen LogP contribution in [-0.4, -0.2) is 66.8 Å². The lowest BCUT2D eigenvalue weighted by atomic mass is 9.93. The molecule has 0 heterocycles. The maximum atomic E-state index is 14.1. The number of hydrogen-bond acceptors (Lipinski definition) is 6. The number of carboxylic acids is 1. The SMILES string of the molecule is COc1ccc(OC)c(CCN(CCC(=O)O)C(=O)c2ccccc2-c2ccccc2C(=O)NC(CCO)c2ccccc2)c1. The zero-order chi connectivity index (χ0) is 32.2. The predicted molar refractivity (Wildman–Crippen MR) is 172 cm³/mol. The molecule has 0 saturated carbocycles. The second-order valence-electron chi connectivity index (χ2n) is 10.4. The number of rotatable bonds is 15. The van der Waals surface area contributed by atoms with Gasteiger partial charge in [0.05, 0.1) is 26.7 Å². The summed E-state index contributed by atoms with van der Waals surface area (Å²) >= 11 is 0. The number of nitrogens with zero attached hydrogens (tertiary/aromatic N) is 1. The monoisotopic (exact) mass is 610 g/mol. The lowest BCUT2D eigenvalue weighted by Gasteiger charge is -2.25. The fourth-order valence-corrected chi connectivity index (χ4v) is 5.24. The molecular weight excluding hydrogens is 572 g/mol. The summed E-state index contributed by atoms with van der Waals surface area (Å²) in [6, 6.07) is 28.5. The summed E-state index contributed by atoms with van der Waals surface area (Å²) in [7, 11) is 3.13. The van der Waals surface area contributed by atoms with Gasteiger partial charge in [-0.25, -0.2) is 0 Å². The molecular formula is C36H38N2O7. The molecule has 0 aliphatic carbocycles. The second kappa shape index (κ2) is 16.1. The van der Waals surface area contributed by atoms with Crippen LogP contribution in [0.4, 0.5) is 0 Å². The van der Waals surface area contributed by atoms with E-state index in [1.807, 2.05) is 36.4 Å². The molecule has 9 nitrogen and oxygen atoms in total. The smallest absolute Gasteiger partial charge is 0.305 e. The molecule has 0 spiro atoms. The molecule has 3 N–H and O–H groups in total. The molecule has 0 aliphatic heterocycles. The first kappa shape index (κ1) is 32.8. The van der Waals surface area contributed by atoms with Gasteiger partial charge in [0, 0.05) is 30.8 Å². The Balaban J connectivity index is 1.66. The Morgan fingerprint density at radius 3 is 2.09 bits per heavy atom. The summed E-state index contributed by atoms with van der Waals surface area (Å²) in [5, 5.41) is 22.2. The van der Waals surface area contributed by atoms with Crippen molar-refractivity contribution in [3.8, 4) is 22.6 Å². The molecule has 1 atom stereocenters. The summed E-state index contributed by atoms with van der Waals surface area (Å²) in [6.45, 7) is 0.121. The van der Waals surface area contributed by atoms with E-state index in [0.29, 0.717) is 46.6 Å². The van der Waals surface area contributed by atoms with Gasteiger partial charge in [-0.3, -0.25) is 14.4 Å². The third-order valence-corrected chi connectivity index (χ3v) is 7.57. The first-order chi connectivity index (χ1) is 21.9. The summed E-state index contributed by atoms with van der Waals surface area (Å²) in [5.41, 5.74) is 3.50. The minimum Gasteiger partial charge on any atom is -0.497 e. The van der Waals surface area contributed by atoms with Crippen LogP contribution in [0.1, 0.15) is 50.7 Å². The number of benzene rings is 4. The topological polar surface area (TPSA) is 125 Å². The number of hydrogen-bond donors (Lipinski definition) is 3. The van der Waals surface area contributed by atoms with Gasteiger partial charge in [-0.2, -0.15) is 0 Å². The molecule has 1 unspecified atom stereocenters. The molecule has 4 rings (SSSR count). The highest BCUT2D eigenvalue weighted by Gasteiger charge is 2.24. The number of carbonyl (C=O) groups is 3. The van der Waals surface area contributed by atoms with Crippen LogP contribution in [-0.2, 0) is 11.2 Å². The van der Waals surface area contributed by atoms with Crippen molar-refractivity contribution in [3.63, 3.8) is 0 Å². The summed E-state index contributed by atoms with van der Waals surface area (Å²) in [4.78, 5) is 40.9. The maximum Gasteiger partial charge on any atom is 0.305 e. The highest BCUT2D eigenvalue weighted by atomic mass is 16.5. The molecule has 4 aromatic rings. The zero-order valence-electron chi connectivity index (χ0n) is 25.4. The molecule has 2 amide bonds. The van der Waals surface area contributed by atoms with Gasteiger partial charge in [0.15, 0.2) is 0 Å². The molecule has 4 aromatic carbocycles. The zero-order valence-corrected chi connectivity index (χ0v) is 25.4. The number of aliphatic carboxylic acids is 1. The fourth-order valence-electron chi connectivity index (χ4n) is 5.24. The van der Waals surface area contributed by atoms with E-state index in [1.54, 1.807) is 74.9 Å². The maximum absolute atomic E-state index is 14.1. The number of methoxy groups -OCH3 is 2. The summed E-state index contributed by atoms with van der Waals surface area (Å²) < 4.78 is 10.9. The number of ether oxygens (including phenoxy) is 2. The molecule has 45 heavy (non-hydrogen) atoms. The van der Waals surface area contributed by atoms with Gasteiger partial charge in [-0.1, -0.05) is 66.7 Å². The van der Waals surface area contributed by atoms with Crippen LogP contribution >= 0.6 is 0 Å². The van der Waals surface area contributed by atoms with E-state index in [4.69, 9.17) is 9.47 Å². The largest absolute Gasteiger partial charge is 0.497 e. The molecule has 0 aromatic heterocycles. The van der Waals surface area contributed by atoms with Crippen molar-refractivity contribution in [1.29, 1.82) is 0 Å². The van der Waals surface area contributed by atoms with Crippen molar-refractivity contribution in [2.24, 2.45) is 0 Å². The van der Waals surface area contributed by atoms with Crippen LogP contribution in [0.25, 0.3) is 11.1 Å². The van der Waals surface area contributed by atoms with Gasteiger partial charge >= 0.3 is 5.97 Å². The van der Waals surface area contributed by atoms with Crippen LogP contribution < -0.4 is 14.8 Å². The average Bonchev–Trinajstić information content (AvgIpc) is 3.08. The minimum absolute atomic E-state index is 0.00314. The van der Waals surface area contributed by atoms with Crippen LogP contribution in [0, 0.1) is 0 Å². The Labute approximate surface area is 263 Å². The first-order valence-corrected chi connectivity index (χ1v) is 14.7. The van der Waals surface area contributed by atoms with Crippen molar-refractivity contribution < 1.29 is 34.1 Å². The van der Waals surface area contributed by atoms with Gasteiger partial charge in [0.1, 0.15) is 11.5 Å². The van der Waals surface area contributed by atoms with Crippen LogP contribution in [0.15, 0.2) is 97.1 Å².